The van der Waals surface area contributed by atoms with Gasteiger partial charge in [0.05, 0.1) is 24.9 Å². The fraction of sp³-hybridized carbons (Fsp3) is 0.667. The van der Waals surface area contributed by atoms with Gasteiger partial charge >= 0.3 is 0 Å². The number of rotatable bonds is 4. The highest BCUT2D eigenvalue weighted by molar-refractivity contribution is 5.81. The summed E-state index contributed by atoms with van der Waals surface area (Å²) < 4.78 is 11.6. The van der Waals surface area contributed by atoms with Crippen LogP contribution in [0.15, 0.2) is 24.4 Å². The lowest BCUT2D eigenvalue weighted by atomic mass is 10.1. The highest BCUT2D eigenvalue weighted by atomic mass is 16.5. The summed E-state index contributed by atoms with van der Waals surface area (Å²) in [5, 5.41) is 0. The lowest BCUT2D eigenvalue weighted by Crippen LogP contribution is -2.42. The van der Waals surface area contributed by atoms with Crippen LogP contribution < -0.4 is 0 Å². The highest BCUT2D eigenvalue weighted by Gasteiger charge is 2.48. The van der Waals surface area contributed by atoms with Crippen LogP contribution in [-0.2, 0) is 20.8 Å². The van der Waals surface area contributed by atoms with Gasteiger partial charge in [0.15, 0.2) is 0 Å². The van der Waals surface area contributed by atoms with E-state index in [1.54, 1.807) is 11.1 Å². The van der Waals surface area contributed by atoms with Crippen LogP contribution in [0.3, 0.4) is 0 Å². The maximum atomic E-state index is 12.7. The van der Waals surface area contributed by atoms with Crippen LogP contribution in [0.1, 0.15) is 25.0 Å². The normalized spacial score (nSPS) is 32.9. The topological polar surface area (TPSA) is 54.9 Å². The van der Waals surface area contributed by atoms with E-state index in [-0.39, 0.29) is 18.1 Å². The number of carbonyl (C=O) groups excluding carboxylic acids is 1. The zero-order valence-corrected chi connectivity index (χ0v) is 14.1. The molecule has 6 nitrogen and oxygen atoms in total. The zero-order valence-electron chi connectivity index (χ0n) is 14.1. The van der Waals surface area contributed by atoms with E-state index in [1.165, 1.54) is 0 Å². The summed E-state index contributed by atoms with van der Waals surface area (Å²) in [7, 11) is 1.83. The monoisotopic (exact) mass is 331 g/mol. The molecule has 24 heavy (non-hydrogen) atoms. The third kappa shape index (κ3) is 3.06. The average Bonchev–Trinajstić information content (AvgIpc) is 3.31. The fourth-order valence-electron chi connectivity index (χ4n) is 4.23. The molecule has 0 saturated carbocycles. The van der Waals surface area contributed by atoms with E-state index in [0.29, 0.717) is 18.6 Å². The molecule has 0 bridgehead atoms. The van der Waals surface area contributed by atoms with E-state index in [9.17, 15) is 4.79 Å². The van der Waals surface area contributed by atoms with Gasteiger partial charge in [-0.3, -0.25) is 14.7 Å². The molecule has 1 unspecified atom stereocenters. The number of fused-ring (bicyclic) bond motifs is 1. The Hall–Kier alpha value is -1.50. The molecular formula is C18H25N3O3. The van der Waals surface area contributed by atoms with Crippen molar-refractivity contribution >= 4 is 5.91 Å². The first-order valence-electron chi connectivity index (χ1n) is 8.86. The Kier molecular flexibility index (Phi) is 4.52. The minimum atomic E-state index is -0.321. The number of ether oxygens (including phenoxy) is 2. The van der Waals surface area contributed by atoms with Crippen molar-refractivity contribution in [1.29, 1.82) is 0 Å². The van der Waals surface area contributed by atoms with E-state index < -0.39 is 0 Å². The number of likely N-dealkylation sites (N-methyl/N-ethyl adjacent to an activating group) is 1. The van der Waals surface area contributed by atoms with Crippen molar-refractivity contribution in [2.45, 2.75) is 50.1 Å². The molecular weight excluding hydrogens is 306 g/mol. The van der Waals surface area contributed by atoms with Crippen molar-refractivity contribution in [3.8, 4) is 0 Å². The Morgan fingerprint density at radius 3 is 3.08 bits per heavy atom. The van der Waals surface area contributed by atoms with Gasteiger partial charge in [-0.05, 0) is 25.0 Å². The van der Waals surface area contributed by atoms with Crippen molar-refractivity contribution in [3.63, 3.8) is 0 Å². The maximum Gasteiger partial charge on any atom is 0.251 e. The van der Waals surface area contributed by atoms with Crippen LogP contribution in [-0.4, -0.2) is 71.8 Å². The molecule has 130 valence electrons. The molecule has 3 aliphatic rings. The number of hydrogen-bond donors (Lipinski definition) is 0. The number of pyridine rings is 1. The Morgan fingerprint density at radius 2 is 2.33 bits per heavy atom. The minimum absolute atomic E-state index is 0.0673. The summed E-state index contributed by atoms with van der Waals surface area (Å²) in [6.45, 7) is 3.26. The van der Waals surface area contributed by atoms with Gasteiger partial charge in [-0.1, -0.05) is 6.07 Å². The number of nitrogens with zero attached hydrogens (tertiary/aromatic N) is 3. The molecule has 3 aliphatic heterocycles. The van der Waals surface area contributed by atoms with Crippen molar-refractivity contribution in [2.24, 2.45) is 0 Å². The summed E-state index contributed by atoms with van der Waals surface area (Å²) in [5.41, 5.74) is 0.899. The summed E-state index contributed by atoms with van der Waals surface area (Å²) >= 11 is 0. The Morgan fingerprint density at radius 1 is 1.42 bits per heavy atom. The van der Waals surface area contributed by atoms with Crippen molar-refractivity contribution < 1.29 is 14.3 Å². The Labute approximate surface area is 142 Å². The summed E-state index contributed by atoms with van der Waals surface area (Å²) in [6, 6.07) is 6.64. The van der Waals surface area contributed by atoms with Crippen molar-refractivity contribution in [1.82, 2.24) is 14.8 Å². The second kappa shape index (κ2) is 6.78. The first kappa shape index (κ1) is 16.0. The molecule has 1 aromatic heterocycles. The van der Waals surface area contributed by atoms with Gasteiger partial charge < -0.3 is 14.4 Å². The first-order chi connectivity index (χ1) is 11.7. The molecule has 3 saturated heterocycles. The number of carbonyl (C=O) groups is 1. The van der Waals surface area contributed by atoms with Crippen LogP contribution in [0.2, 0.25) is 0 Å². The van der Waals surface area contributed by atoms with Gasteiger partial charge in [0, 0.05) is 44.9 Å². The van der Waals surface area contributed by atoms with Crippen LogP contribution in [0.5, 0.6) is 0 Å². The third-order valence-corrected chi connectivity index (χ3v) is 5.47. The van der Waals surface area contributed by atoms with E-state index >= 15 is 0 Å². The number of hydrogen-bond acceptors (Lipinski definition) is 5. The largest absolute Gasteiger partial charge is 0.380 e. The highest BCUT2D eigenvalue weighted by Crippen LogP contribution is 2.36. The molecule has 4 rings (SSSR count). The fourth-order valence-corrected chi connectivity index (χ4v) is 4.23. The maximum absolute atomic E-state index is 12.7. The molecule has 0 N–H and O–H groups in total. The lowest BCUT2D eigenvalue weighted by Gasteiger charge is -2.28. The van der Waals surface area contributed by atoms with E-state index in [4.69, 9.17) is 9.47 Å². The molecule has 1 amide bonds. The molecule has 1 aromatic rings. The van der Waals surface area contributed by atoms with Gasteiger partial charge in [-0.15, -0.1) is 0 Å². The van der Waals surface area contributed by atoms with E-state index in [2.05, 4.69) is 9.88 Å². The van der Waals surface area contributed by atoms with Gasteiger partial charge in [0.1, 0.15) is 6.10 Å². The van der Waals surface area contributed by atoms with Crippen LogP contribution in [0.25, 0.3) is 0 Å². The van der Waals surface area contributed by atoms with E-state index in [0.717, 1.165) is 44.7 Å². The summed E-state index contributed by atoms with van der Waals surface area (Å²) in [4.78, 5) is 21.3. The standard InChI is InChI=1S/C18H25N3O3/c1-20(11-13-4-2-3-7-19-13)18(22)17-10-15-16(24-17)5-8-21(15)14-6-9-23-12-14/h2-4,7,14-17H,5-6,8-12H2,1H3/t14?,15-,16-,17+/m1/s1. The molecule has 4 atom stereocenters. The summed E-state index contributed by atoms with van der Waals surface area (Å²) in [5.74, 6) is 0.0673. The van der Waals surface area contributed by atoms with Gasteiger partial charge in [-0.2, -0.15) is 0 Å². The van der Waals surface area contributed by atoms with Crippen LogP contribution in [0.4, 0.5) is 0 Å². The van der Waals surface area contributed by atoms with E-state index in [1.807, 2.05) is 25.2 Å². The quantitative estimate of drug-likeness (QED) is 0.826. The predicted molar refractivity (Wildman–Crippen MR) is 88.3 cm³/mol. The molecule has 6 heteroatoms. The molecule has 3 fully saturated rings. The molecule has 0 aromatic carbocycles. The zero-order chi connectivity index (χ0) is 16.5. The van der Waals surface area contributed by atoms with Crippen LogP contribution >= 0.6 is 0 Å². The Balaban J connectivity index is 1.36. The third-order valence-electron chi connectivity index (χ3n) is 5.47. The van der Waals surface area contributed by atoms with Crippen molar-refractivity contribution in [3.05, 3.63) is 30.1 Å². The first-order valence-corrected chi connectivity index (χ1v) is 8.86. The molecule has 0 aliphatic carbocycles. The van der Waals surface area contributed by atoms with Crippen LogP contribution in [0, 0.1) is 0 Å². The SMILES string of the molecule is CN(Cc1ccccn1)C(=O)[C@@H]1C[C@@H]2[C@@H](CCN2C2CCOC2)O1. The lowest BCUT2D eigenvalue weighted by molar-refractivity contribution is -0.142. The van der Waals surface area contributed by atoms with Gasteiger partial charge in [0.25, 0.3) is 5.91 Å². The summed E-state index contributed by atoms with van der Waals surface area (Å²) in [6.07, 6.45) is 4.55. The molecule has 4 heterocycles. The average molecular weight is 331 g/mol. The second-order valence-corrected chi connectivity index (χ2v) is 7.03. The minimum Gasteiger partial charge on any atom is -0.380 e. The number of amides is 1. The van der Waals surface area contributed by atoms with Gasteiger partial charge in [-0.25, -0.2) is 0 Å². The predicted octanol–water partition coefficient (Wildman–Crippen LogP) is 1.06. The Bertz CT molecular complexity index is 576. The number of likely N-dealkylation sites (tertiary alicyclic amines) is 1. The smallest absolute Gasteiger partial charge is 0.251 e. The van der Waals surface area contributed by atoms with Gasteiger partial charge in [0.2, 0.25) is 0 Å². The number of aromatic nitrogens is 1. The van der Waals surface area contributed by atoms with Crippen molar-refractivity contribution in [2.75, 3.05) is 26.8 Å². The molecule has 0 radical (unpaired) electrons. The second-order valence-electron chi connectivity index (χ2n) is 7.03. The molecule has 0 spiro atoms.